The number of rotatable bonds is 5. The van der Waals surface area contributed by atoms with E-state index in [9.17, 15) is 0 Å². The molecule has 1 heterocycles. The highest BCUT2D eigenvalue weighted by atomic mass is 35.5. The molecular formula is C25H20ClN3. The minimum Gasteiger partial charge on any atom is -0.330 e. The van der Waals surface area contributed by atoms with Gasteiger partial charge < -0.3 is 4.57 Å². The quantitative estimate of drug-likeness (QED) is 0.413. The zero-order valence-corrected chi connectivity index (χ0v) is 16.9. The second-order valence-corrected chi connectivity index (χ2v) is 7.65. The smallest absolute Gasteiger partial charge is 0.0991 e. The Morgan fingerprint density at radius 2 is 1.66 bits per heavy atom. The zero-order valence-electron chi connectivity index (χ0n) is 16.1. The van der Waals surface area contributed by atoms with Crippen molar-refractivity contribution in [3.63, 3.8) is 0 Å². The minimum atomic E-state index is 0.678. The summed E-state index contributed by atoms with van der Waals surface area (Å²) >= 11 is 6.20. The number of benzene rings is 3. The maximum absolute atomic E-state index is 8.94. The molecule has 0 bridgehead atoms. The number of nitrogens with zero attached hydrogens (tertiary/aromatic N) is 3. The van der Waals surface area contributed by atoms with Crippen molar-refractivity contribution < 1.29 is 0 Å². The molecule has 1 aromatic heterocycles. The Labute approximate surface area is 175 Å². The van der Waals surface area contributed by atoms with Crippen molar-refractivity contribution in [3.8, 4) is 17.2 Å². The molecule has 0 saturated heterocycles. The molecule has 4 rings (SSSR count). The van der Waals surface area contributed by atoms with Crippen LogP contribution in [-0.2, 0) is 13.0 Å². The summed E-state index contributed by atoms with van der Waals surface area (Å²) in [4.78, 5) is 4.33. The van der Waals surface area contributed by atoms with Crippen molar-refractivity contribution >= 4 is 11.6 Å². The Kier molecular flexibility index (Phi) is 5.46. The molecule has 0 saturated carbocycles. The molecule has 0 atom stereocenters. The van der Waals surface area contributed by atoms with Gasteiger partial charge in [-0.15, -0.1) is 0 Å². The Hall–Kier alpha value is -3.35. The lowest BCUT2D eigenvalue weighted by atomic mass is 10.0. The van der Waals surface area contributed by atoms with Crippen LogP contribution in [0.4, 0.5) is 0 Å². The van der Waals surface area contributed by atoms with Crippen molar-refractivity contribution in [2.45, 2.75) is 19.9 Å². The molecule has 0 aliphatic carbocycles. The Bertz CT molecular complexity index is 1150. The van der Waals surface area contributed by atoms with Crippen molar-refractivity contribution in [2.75, 3.05) is 0 Å². The Morgan fingerprint density at radius 3 is 2.34 bits per heavy atom. The monoisotopic (exact) mass is 397 g/mol. The summed E-state index contributed by atoms with van der Waals surface area (Å²) in [6.45, 7) is 2.82. The summed E-state index contributed by atoms with van der Waals surface area (Å²) in [5, 5.41) is 9.70. The molecule has 0 unspecified atom stereocenters. The molecular weight excluding hydrogens is 378 g/mol. The van der Waals surface area contributed by atoms with E-state index in [-0.39, 0.29) is 0 Å². The van der Waals surface area contributed by atoms with Gasteiger partial charge in [-0.1, -0.05) is 54.1 Å². The lowest BCUT2D eigenvalue weighted by Gasteiger charge is -2.10. The van der Waals surface area contributed by atoms with Crippen molar-refractivity contribution in [3.05, 3.63) is 112 Å². The standard InChI is InChI=1S/C25H20ClN3/c1-18-10-23(13-24(26)11-18)22-8-6-21(7-9-22)16-29-17-28-15-25(29)12-19-2-4-20(14-27)5-3-19/h2-11,13,15,17H,12,16H2,1H3. The van der Waals surface area contributed by atoms with Crippen LogP contribution >= 0.6 is 11.6 Å². The molecule has 0 aliphatic heterocycles. The second kappa shape index (κ2) is 8.34. The average molecular weight is 398 g/mol. The van der Waals surface area contributed by atoms with E-state index in [0.29, 0.717) is 5.56 Å². The maximum atomic E-state index is 8.94. The number of aromatic nitrogens is 2. The fourth-order valence-electron chi connectivity index (χ4n) is 3.45. The maximum Gasteiger partial charge on any atom is 0.0991 e. The lowest BCUT2D eigenvalue weighted by molar-refractivity contribution is 0.753. The van der Waals surface area contributed by atoms with Gasteiger partial charge in [0.05, 0.1) is 18.0 Å². The highest BCUT2D eigenvalue weighted by molar-refractivity contribution is 6.30. The van der Waals surface area contributed by atoms with E-state index >= 15 is 0 Å². The topological polar surface area (TPSA) is 41.6 Å². The van der Waals surface area contributed by atoms with E-state index in [0.717, 1.165) is 45.9 Å². The summed E-state index contributed by atoms with van der Waals surface area (Å²) in [7, 11) is 0. The zero-order chi connectivity index (χ0) is 20.2. The van der Waals surface area contributed by atoms with Gasteiger partial charge in [0.1, 0.15) is 0 Å². The van der Waals surface area contributed by atoms with Gasteiger partial charge in [0.15, 0.2) is 0 Å². The van der Waals surface area contributed by atoms with Gasteiger partial charge in [0.25, 0.3) is 0 Å². The van der Waals surface area contributed by atoms with E-state index in [4.69, 9.17) is 16.9 Å². The number of imidazole rings is 1. The van der Waals surface area contributed by atoms with Gasteiger partial charge in [-0.3, -0.25) is 0 Å². The van der Waals surface area contributed by atoms with E-state index < -0.39 is 0 Å². The molecule has 3 aromatic carbocycles. The number of nitriles is 1. The summed E-state index contributed by atoms with van der Waals surface area (Å²) in [5.41, 5.74) is 7.64. The Balaban J connectivity index is 1.50. The fraction of sp³-hybridized carbons (Fsp3) is 0.120. The molecule has 0 radical (unpaired) electrons. The highest BCUT2D eigenvalue weighted by Gasteiger charge is 2.06. The summed E-state index contributed by atoms with van der Waals surface area (Å²) < 4.78 is 2.16. The summed E-state index contributed by atoms with van der Waals surface area (Å²) in [5.74, 6) is 0. The molecule has 0 aliphatic rings. The number of hydrogen-bond donors (Lipinski definition) is 0. The van der Waals surface area contributed by atoms with Crippen LogP contribution in [0, 0.1) is 18.3 Å². The molecule has 4 heteroatoms. The van der Waals surface area contributed by atoms with E-state index in [1.807, 2.05) is 48.9 Å². The third-order valence-corrected chi connectivity index (χ3v) is 5.17. The van der Waals surface area contributed by atoms with Gasteiger partial charge in [0, 0.05) is 29.9 Å². The highest BCUT2D eigenvalue weighted by Crippen LogP contribution is 2.25. The predicted molar refractivity (Wildman–Crippen MR) is 117 cm³/mol. The number of aryl methyl sites for hydroxylation is 1. The van der Waals surface area contributed by atoms with Crippen LogP contribution in [0.2, 0.25) is 5.02 Å². The van der Waals surface area contributed by atoms with Crippen LogP contribution in [-0.4, -0.2) is 9.55 Å². The van der Waals surface area contributed by atoms with Gasteiger partial charge in [0.2, 0.25) is 0 Å². The minimum absolute atomic E-state index is 0.678. The van der Waals surface area contributed by atoms with Gasteiger partial charge >= 0.3 is 0 Å². The third kappa shape index (κ3) is 4.56. The van der Waals surface area contributed by atoms with Crippen LogP contribution in [0.3, 0.4) is 0 Å². The van der Waals surface area contributed by atoms with Crippen LogP contribution < -0.4 is 0 Å². The molecule has 29 heavy (non-hydrogen) atoms. The third-order valence-electron chi connectivity index (χ3n) is 4.95. The van der Waals surface area contributed by atoms with Crippen molar-refractivity contribution in [1.29, 1.82) is 5.26 Å². The first-order chi connectivity index (χ1) is 14.1. The van der Waals surface area contributed by atoms with E-state index in [1.54, 1.807) is 0 Å². The first-order valence-corrected chi connectivity index (χ1v) is 9.83. The van der Waals surface area contributed by atoms with Crippen molar-refractivity contribution in [1.82, 2.24) is 9.55 Å². The molecule has 0 spiro atoms. The molecule has 0 N–H and O–H groups in total. The Morgan fingerprint density at radius 1 is 0.931 bits per heavy atom. The predicted octanol–water partition coefficient (Wildman–Crippen LogP) is 6.02. The number of halogens is 1. The van der Waals surface area contributed by atoms with Crippen LogP contribution in [0.1, 0.15) is 27.9 Å². The lowest BCUT2D eigenvalue weighted by Crippen LogP contribution is -2.04. The number of hydrogen-bond acceptors (Lipinski definition) is 2. The molecule has 4 aromatic rings. The summed E-state index contributed by atoms with van der Waals surface area (Å²) in [6.07, 6.45) is 4.56. The van der Waals surface area contributed by atoms with Crippen LogP contribution in [0.5, 0.6) is 0 Å². The average Bonchev–Trinajstić information content (AvgIpc) is 3.15. The fourth-order valence-corrected chi connectivity index (χ4v) is 3.74. The molecule has 3 nitrogen and oxygen atoms in total. The van der Waals surface area contributed by atoms with Crippen LogP contribution in [0.25, 0.3) is 11.1 Å². The van der Waals surface area contributed by atoms with Gasteiger partial charge in [-0.05, 0) is 59.0 Å². The largest absolute Gasteiger partial charge is 0.330 e. The second-order valence-electron chi connectivity index (χ2n) is 7.21. The van der Waals surface area contributed by atoms with Crippen molar-refractivity contribution in [2.24, 2.45) is 0 Å². The molecule has 0 fully saturated rings. The molecule has 142 valence electrons. The first-order valence-electron chi connectivity index (χ1n) is 9.45. The normalized spacial score (nSPS) is 10.7. The first kappa shape index (κ1) is 19.0. The van der Waals surface area contributed by atoms with Crippen LogP contribution in [0.15, 0.2) is 79.3 Å². The van der Waals surface area contributed by atoms with E-state index in [1.165, 1.54) is 5.56 Å². The van der Waals surface area contributed by atoms with Gasteiger partial charge in [-0.25, -0.2) is 4.98 Å². The molecule has 0 amide bonds. The summed E-state index contributed by atoms with van der Waals surface area (Å²) in [6, 6.07) is 24.5. The van der Waals surface area contributed by atoms with Gasteiger partial charge in [-0.2, -0.15) is 5.26 Å². The van der Waals surface area contributed by atoms with E-state index in [2.05, 4.69) is 52.9 Å². The SMILES string of the molecule is Cc1cc(Cl)cc(-c2ccc(Cn3cncc3Cc3ccc(C#N)cc3)cc2)c1.